The maximum atomic E-state index is 5.44. The highest BCUT2D eigenvalue weighted by Crippen LogP contribution is 2.11. The molecule has 0 bridgehead atoms. The lowest BCUT2D eigenvalue weighted by atomic mass is 10.3. The first kappa shape index (κ1) is 19.8. The Hall–Kier alpha value is -2.56. The number of nitrogens with zero attached hydrogens (tertiary/aromatic N) is 4. The smallest absolute Gasteiger partial charge is 0.322 e. The van der Waals surface area contributed by atoms with Gasteiger partial charge in [-0.05, 0) is 12.1 Å². The summed E-state index contributed by atoms with van der Waals surface area (Å²) < 4.78 is 15.8. The molecule has 0 aliphatic rings. The number of pyridine rings is 1. The van der Waals surface area contributed by atoms with E-state index in [2.05, 4.69) is 30.6 Å². The van der Waals surface area contributed by atoms with Crippen LogP contribution in [0.1, 0.15) is 5.69 Å². The third-order valence-corrected chi connectivity index (χ3v) is 3.11. The fourth-order valence-electron chi connectivity index (χ4n) is 1.92. The number of methoxy groups -OCH3 is 1. The Kier molecular flexibility index (Phi) is 9.05. The number of anilines is 2. The molecule has 0 saturated carbocycles. The summed E-state index contributed by atoms with van der Waals surface area (Å²) in [4.78, 5) is 16.9. The summed E-state index contributed by atoms with van der Waals surface area (Å²) in [6.45, 7) is 3.64. The number of ether oxygens (including phenoxy) is 3. The lowest BCUT2D eigenvalue weighted by Gasteiger charge is -2.10. The van der Waals surface area contributed by atoms with Crippen LogP contribution in [0.3, 0.4) is 0 Å². The lowest BCUT2D eigenvalue weighted by molar-refractivity contribution is 0.0547. The molecule has 142 valence electrons. The van der Waals surface area contributed by atoms with Gasteiger partial charge in [0.05, 0.1) is 45.8 Å². The predicted molar refractivity (Wildman–Crippen MR) is 97.1 cm³/mol. The summed E-state index contributed by atoms with van der Waals surface area (Å²) in [5.74, 6) is 0.810. The van der Waals surface area contributed by atoms with E-state index in [4.69, 9.17) is 19.9 Å². The molecule has 0 aromatic carbocycles. The molecule has 10 nitrogen and oxygen atoms in total. The van der Waals surface area contributed by atoms with Crippen molar-refractivity contribution in [2.24, 2.45) is 5.73 Å². The molecule has 26 heavy (non-hydrogen) atoms. The minimum Gasteiger partial charge on any atom is -0.467 e. The first-order chi connectivity index (χ1) is 12.8. The van der Waals surface area contributed by atoms with E-state index in [0.29, 0.717) is 58.0 Å². The molecule has 0 amide bonds. The summed E-state index contributed by atoms with van der Waals surface area (Å²) in [5.41, 5.74) is 6.21. The number of hydrogen-bond donors (Lipinski definition) is 3. The maximum absolute atomic E-state index is 5.44. The van der Waals surface area contributed by atoms with Gasteiger partial charge in [0.15, 0.2) is 0 Å². The number of aromatic nitrogens is 4. The van der Waals surface area contributed by atoms with Crippen LogP contribution in [0.5, 0.6) is 6.01 Å². The van der Waals surface area contributed by atoms with Gasteiger partial charge in [0.2, 0.25) is 11.9 Å². The van der Waals surface area contributed by atoms with Crippen LogP contribution in [0.4, 0.5) is 11.9 Å². The van der Waals surface area contributed by atoms with Crippen LogP contribution in [0.15, 0.2) is 24.4 Å². The van der Waals surface area contributed by atoms with E-state index in [-0.39, 0.29) is 6.01 Å². The lowest BCUT2D eigenvalue weighted by Crippen LogP contribution is -2.16. The zero-order valence-electron chi connectivity index (χ0n) is 14.9. The molecule has 2 heterocycles. The summed E-state index contributed by atoms with van der Waals surface area (Å²) >= 11 is 0. The number of nitrogens with one attached hydrogen (secondary N) is 2. The van der Waals surface area contributed by atoms with Crippen LogP contribution < -0.4 is 21.1 Å². The standard InChI is InChI=1S/C16H25N7O3/c1-24-16-22-14(19-7-9-26-11-10-25-8-5-17)21-15(23-16)20-12-13-4-2-3-6-18-13/h2-4,6H,5,7-12,17H2,1H3,(H2,19,20,21,22,23). The monoisotopic (exact) mass is 363 g/mol. The Morgan fingerprint density at radius 3 is 2.42 bits per heavy atom. The minimum absolute atomic E-state index is 0.224. The van der Waals surface area contributed by atoms with Gasteiger partial charge in [0.25, 0.3) is 0 Å². The molecule has 2 aromatic heterocycles. The van der Waals surface area contributed by atoms with E-state index in [1.54, 1.807) is 6.20 Å². The molecular weight excluding hydrogens is 338 g/mol. The Labute approximate surface area is 152 Å². The van der Waals surface area contributed by atoms with Gasteiger partial charge in [0, 0.05) is 19.3 Å². The maximum Gasteiger partial charge on any atom is 0.322 e. The Balaban J connectivity index is 1.77. The molecule has 0 aliphatic heterocycles. The van der Waals surface area contributed by atoms with Gasteiger partial charge in [-0.15, -0.1) is 0 Å². The molecule has 10 heteroatoms. The Morgan fingerprint density at radius 2 is 1.73 bits per heavy atom. The van der Waals surface area contributed by atoms with Gasteiger partial charge in [-0.3, -0.25) is 4.98 Å². The molecule has 0 atom stereocenters. The summed E-state index contributed by atoms with van der Waals surface area (Å²) in [6, 6.07) is 5.93. The molecule has 2 rings (SSSR count). The highest BCUT2D eigenvalue weighted by Gasteiger charge is 2.06. The van der Waals surface area contributed by atoms with Gasteiger partial charge in [-0.2, -0.15) is 15.0 Å². The number of nitrogens with two attached hydrogens (primary N) is 1. The highest BCUT2D eigenvalue weighted by molar-refractivity contribution is 5.36. The average molecular weight is 363 g/mol. The quantitative estimate of drug-likeness (QED) is 0.427. The molecule has 4 N–H and O–H groups in total. The summed E-state index contributed by atoms with van der Waals surface area (Å²) in [7, 11) is 1.51. The molecule has 0 aliphatic carbocycles. The van der Waals surface area contributed by atoms with Gasteiger partial charge < -0.3 is 30.6 Å². The van der Waals surface area contributed by atoms with Crippen molar-refractivity contribution in [2.45, 2.75) is 6.54 Å². The van der Waals surface area contributed by atoms with Crippen LogP contribution in [0.25, 0.3) is 0 Å². The third-order valence-electron chi connectivity index (χ3n) is 3.11. The van der Waals surface area contributed by atoms with Crippen molar-refractivity contribution in [1.29, 1.82) is 0 Å². The van der Waals surface area contributed by atoms with Gasteiger partial charge >= 0.3 is 6.01 Å². The SMILES string of the molecule is COc1nc(NCCOCCOCCN)nc(NCc2ccccn2)n1. The zero-order valence-corrected chi connectivity index (χ0v) is 14.9. The largest absolute Gasteiger partial charge is 0.467 e. The Morgan fingerprint density at radius 1 is 0.962 bits per heavy atom. The summed E-state index contributed by atoms with van der Waals surface area (Å²) in [5, 5.41) is 6.18. The van der Waals surface area contributed by atoms with E-state index in [9.17, 15) is 0 Å². The van der Waals surface area contributed by atoms with Crippen molar-refractivity contribution >= 4 is 11.9 Å². The normalized spacial score (nSPS) is 10.5. The van der Waals surface area contributed by atoms with E-state index < -0.39 is 0 Å². The van der Waals surface area contributed by atoms with Crippen LogP contribution in [-0.4, -0.2) is 66.6 Å². The van der Waals surface area contributed by atoms with Crippen molar-refractivity contribution in [3.63, 3.8) is 0 Å². The molecule has 0 saturated heterocycles. The second kappa shape index (κ2) is 11.9. The van der Waals surface area contributed by atoms with Crippen molar-refractivity contribution < 1.29 is 14.2 Å². The van der Waals surface area contributed by atoms with E-state index in [1.165, 1.54) is 7.11 Å². The first-order valence-electron chi connectivity index (χ1n) is 8.35. The number of rotatable bonds is 13. The molecule has 0 fully saturated rings. The van der Waals surface area contributed by atoms with E-state index in [0.717, 1.165) is 5.69 Å². The number of hydrogen-bond acceptors (Lipinski definition) is 10. The van der Waals surface area contributed by atoms with Crippen LogP contribution in [0.2, 0.25) is 0 Å². The van der Waals surface area contributed by atoms with Crippen LogP contribution in [-0.2, 0) is 16.0 Å². The van der Waals surface area contributed by atoms with Crippen molar-refractivity contribution in [3.05, 3.63) is 30.1 Å². The second-order valence-corrected chi connectivity index (χ2v) is 5.08. The molecule has 0 spiro atoms. The fraction of sp³-hybridized carbons (Fsp3) is 0.500. The minimum atomic E-state index is 0.224. The van der Waals surface area contributed by atoms with Crippen molar-refractivity contribution in [3.8, 4) is 6.01 Å². The highest BCUT2D eigenvalue weighted by atomic mass is 16.5. The van der Waals surface area contributed by atoms with Crippen LogP contribution in [0, 0.1) is 0 Å². The fourth-order valence-corrected chi connectivity index (χ4v) is 1.92. The van der Waals surface area contributed by atoms with Gasteiger partial charge in [0.1, 0.15) is 0 Å². The topological polar surface area (TPSA) is 129 Å². The van der Waals surface area contributed by atoms with Crippen molar-refractivity contribution in [1.82, 2.24) is 19.9 Å². The van der Waals surface area contributed by atoms with E-state index in [1.807, 2.05) is 18.2 Å². The first-order valence-corrected chi connectivity index (χ1v) is 8.35. The van der Waals surface area contributed by atoms with Gasteiger partial charge in [-0.25, -0.2) is 0 Å². The molecule has 0 radical (unpaired) electrons. The van der Waals surface area contributed by atoms with Gasteiger partial charge in [-0.1, -0.05) is 6.07 Å². The average Bonchev–Trinajstić information content (AvgIpc) is 2.69. The second-order valence-electron chi connectivity index (χ2n) is 5.08. The van der Waals surface area contributed by atoms with Crippen molar-refractivity contribution in [2.75, 3.05) is 57.3 Å². The summed E-state index contributed by atoms with van der Waals surface area (Å²) in [6.07, 6.45) is 1.74. The van der Waals surface area contributed by atoms with Crippen LogP contribution >= 0.6 is 0 Å². The molecule has 0 unspecified atom stereocenters. The zero-order chi connectivity index (χ0) is 18.5. The van der Waals surface area contributed by atoms with E-state index >= 15 is 0 Å². The third kappa shape index (κ3) is 7.55. The molecular formula is C16H25N7O3. The Bertz CT molecular complexity index is 630. The predicted octanol–water partition coefficient (Wildman–Crippen LogP) is 0.291. The molecule has 2 aromatic rings.